The van der Waals surface area contributed by atoms with Gasteiger partial charge in [0, 0.05) is 4.47 Å². The van der Waals surface area contributed by atoms with E-state index in [0.29, 0.717) is 15.6 Å². The Bertz CT molecular complexity index is 711. The molecule has 4 N–H and O–H groups in total. The van der Waals surface area contributed by atoms with Gasteiger partial charge in [-0.15, -0.1) is 0 Å². The zero-order valence-electron chi connectivity index (χ0n) is 18.3. The van der Waals surface area contributed by atoms with E-state index < -0.39 is 34.5 Å². The van der Waals surface area contributed by atoms with Crippen LogP contribution in [0.1, 0.15) is 78.8 Å². The van der Waals surface area contributed by atoms with Gasteiger partial charge in [-0.25, -0.2) is 0 Å². The summed E-state index contributed by atoms with van der Waals surface area (Å²) < 4.78 is 0.707. The van der Waals surface area contributed by atoms with Gasteiger partial charge in [0.1, 0.15) is 12.3 Å². The van der Waals surface area contributed by atoms with Gasteiger partial charge in [0.05, 0.1) is 22.2 Å². The van der Waals surface area contributed by atoms with Crippen LogP contribution in [0.3, 0.4) is 0 Å². The fraction of sp³-hybridized carbons (Fsp3) is 0.700. The summed E-state index contributed by atoms with van der Waals surface area (Å²) >= 11 is 3.50. The van der Waals surface area contributed by atoms with Gasteiger partial charge < -0.3 is 20.8 Å². The van der Waals surface area contributed by atoms with Crippen molar-refractivity contribution in [3.63, 3.8) is 0 Å². The van der Waals surface area contributed by atoms with Crippen molar-refractivity contribution in [2.45, 2.75) is 89.9 Å². The van der Waals surface area contributed by atoms with Crippen LogP contribution in [0.25, 0.3) is 0 Å². The first kappa shape index (κ1) is 23.1. The smallest absolute Gasteiger partial charge is 0.136 e. The van der Waals surface area contributed by atoms with Crippen molar-refractivity contribution >= 4 is 15.9 Å². The largest absolute Gasteiger partial charge is 0.311 e. The molecular formula is C20H33BrN4O4. The molecule has 164 valence electrons. The zero-order chi connectivity index (χ0) is 22.3. The maximum atomic E-state index is 10.9. The highest BCUT2D eigenvalue weighted by molar-refractivity contribution is 9.10. The molecular weight excluding hydrogens is 440 g/mol. The molecule has 0 amide bonds. The molecule has 0 radical (unpaired) electrons. The number of hydroxylamine groups is 8. The molecule has 3 rings (SSSR count). The first-order valence-corrected chi connectivity index (χ1v) is 10.5. The van der Waals surface area contributed by atoms with Gasteiger partial charge in [-0.3, -0.25) is 0 Å². The highest BCUT2D eigenvalue weighted by Gasteiger charge is 2.60. The molecule has 29 heavy (non-hydrogen) atoms. The second-order valence-corrected chi connectivity index (χ2v) is 11.1. The molecule has 0 unspecified atom stereocenters. The molecule has 2 fully saturated rings. The Morgan fingerprint density at radius 1 is 0.586 bits per heavy atom. The Kier molecular flexibility index (Phi) is 5.32. The second-order valence-electron chi connectivity index (χ2n) is 10.2. The minimum atomic E-state index is -0.807. The average Bonchev–Trinajstić information content (AvgIpc) is 2.78. The van der Waals surface area contributed by atoms with Crippen molar-refractivity contribution in [3.8, 4) is 0 Å². The van der Waals surface area contributed by atoms with E-state index in [1.54, 1.807) is 6.07 Å². The van der Waals surface area contributed by atoms with Crippen LogP contribution in [0.15, 0.2) is 22.7 Å². The fourth-order valence-electron chi connectivity index (χ4n) is 4.05. The molecule has 0 aromatic heterocycles. The van der Waals surface area contributed by atoms with Gasteiger partial charge in [-0.2, -0.15) is 20.3 Å². The lowest BCUT2D eigenvalue weighted by Crippen LogP contribution is -2.52. The van der Waals surface area contributed by atoms with Gasteiger partial charge in [-0.05, 0) is 84.7 Å². The minimum absolute atomic E-state index is 0.627. The number of halogens is 1. The summed E-state index contributed by atoms with van der Waals surface area (Å²) in [6, 6.07) is 5.41. The van der Waals surface area contributed by atoms with E-state index >= 15 is 0 Å². The van der Waals surface area contributed by atoms with Crippen LogP contribution in [0.2, 0.25) is 0 Å². The fourth-order valence-corrected chi connectivity index (χ4v) is 4.58. The predicted molar refractivity (Wildman–Crippen MR) is 110 cm³/mol. The second kappa shape index (κ2) is 6.69. The van der Waals surface area contributed by atoms with E-state index in [0.717, 1.165) is 20.3 Å². The molecule has 8 nitrogen and oxygen atoms in total. The van der Waals surface area contributed by atoms with E-state index in [1.165, 1.54) is 0 Å². The Hall–Kier alpha value is -0.620. The molecule has 0 saturated carbocycles. The summed E-state index contributed by atoms with van der Waals surface area (Å²) in [5, 5.41) is 48.2. The molecule has 1 aromatic carbocycles. The van der Waals surface area contributed by atoms with Crippen molar-refractivity contribution in [1.29, 1.82) is 0 Å². The number of benzene rings is 1. The van der Waals surface area contributed by atoms with Crippen LogP contribution in [0.4, 0.5) is 0 Å². The van der Waals surface area contributed by atoms with E-state index in [2.05, 4.69) is 15.9 Å². The Morgan fingerprint density at radius 2 is 0.828 bits per heavy atom. The highest BCUT2D eigenvalue weighted by Crippen LogP contribution is 2.50. The van der Waals surface area contributed by atoms with Crippen LogP contribution in [0.5, 0.6) is 0 Å². The van der Waals surface area contributed by atoms with E-state index in [1.807, 2.05) is 67.5 Å². The maximum absolute atomic E-state index is 10.9. The standard InChI is InChI=1S/C20H33BrN4O4/c1-17(2)18(3,4)23(27)15(22(17)26)12-9-13(11-14(21)10-12)16-24(28)19(5,6)20(7,8)25(16)29/h9-11,15-16,26-29H,1-8H3. The van der Waals surface area contributed by atoms with Crippen LogP contribution in [-0.4, -0.2) is 63.2 Å². The molecule has 2 saturated heterocycles. The van der Waals surface area contributed by atoms with Crippen LogP contribution >= 0.6 is 15.9 Å². The molecule has 1 aromatic rings. The Balaban J connectivity index is 2.09. The lowest BCUT2D eigenvalue weighted by molar-refractivity contribution is -0.225. The number of rotatable bonds is 2. The van der Waals surface area contributed by atoms with Gasteiger partial charge >= 0.3 is 0 Å². The Morgan fingerprint density at radius 3 is 1.07 bits per heavy atom. The molecule has 0 atom stereocenters. The van der Waals surface area contributed by atoms with Gasteiger partial charge in [0.2, 0.25) is 0 Å². The maximum Gasteiger partial charge on any atom is 0.136 e. The van der Waals surface area contributed by atoms with E-state index in [-0.39, 0.29) is 0 Å². The lowest BCUT2D eigenvalue weighted by Gasteiger charge is -2.37. The summed E-state index contributed by atoms with van der Waals surface area (Å²) in [6.45, 7) is 14.9. The van der Waals surface area contributed by atoms with Crippen molar-refractivity contribution in [1.82, 2.24) is 20.3 Å². The molecule has 0 aliphatic carbocycles. The number of hydrogen-bond donors (Lipinski definition) is 4. The molecule has 0 spiro atoms. The highest BCUT2D eigenvalue weighted by atomic mass is 79.9. The summed E-state index contributed by atoms with van der Waals surface area (Å²) in [4.78, 5) is 0. The number of hydrogen-bond acceptors (Lipinski definition) is 8. The monoisotopic (exact) mass is 472 g/mol. The van der Waals surface area contributed by atoms with E-state index in [4.69, 9.17) is 0 Å². The lowest BCUT2D eigenvalue weighted by atomic mass is 9.84. The third-order valence-electron chi connectivity index (χ3n) is 7.75. The first-order valence-electron chi connectivity index (χ1n) is 9.73. The normalized spacial score (nSPS) is 28.4. The average molecular weight is 473 g/mol. The van der Waals surface area contributed by atoms with Crippen molar-refractivity contribution in [3.05, 3.63) is 33.8 Å². The van der Waals surface area contributed by atoms with Gasteiger partial charge in [0.15, 0.2) is 0 Å². The minimum Gasteiger partial charge on any atom is -0.311 e. The SMILES string of the molecule is CC1(C)N(O)C(c2cc(Br)cc(C3N(O)C(C)(C)C(C)(C)N3O)c2)N(O)C1(C)C. The third-order valence-corrected chi connectivity index (χ3v) is 8.21. The van der Waals surface area contributed by atoms with Crippen LogP contribution in [-0.2, 0) is 0 Å². The van der Waals surface area contributed by atoms with Crippen LogP contribution in [0, 0.1) is 0 Å². The molecule has 2 aliphatic rings. The van der Waals surface area contributed by atoms with Crippen LogP contribution < -0.4 is 0 Å². The quantitative estimate of drug-likeness (QED) is 0.504. The van der Waals surface area contributed by atoms with Crippen molar-refractivity contribution in [2.75, 3.05) is 0 Å². The molecule has 9 heteroatoms. The number of nitrogens with zero attached hydrogens (tertiary/aromatic N) is 4. The van der Waals surface area contributed by atoms with Gasteiger partial charge in [-0.1, -0.05) is 15.9 Å². The van der Waals surface area contributed by atoms with E-state index in [9.17, 15) is 20.8 Å². The molecule has 0 bridgehead atoms. The topological polar surface area (TPSA) is 93.9 Å². The molecule has 2 heterocycles. The third kappa shape index (κ3) is 2.95. The molecule has 2 aliphatic heterocycles. The summed E-state index contributed by atoms with van der Waals surface area (Å²) in [6.07, 6.45) is -1.61. The zero-order valence-corrected chi connectivity index (χ0v) is 19.9. The summed E-state index contributed by atoms with van der Waals surface area (Å²) in [7, 11) is 0. The first-order chi connectivity index (χ1) is 13.0. The summed E-state index contributed by atoms with van der Waals surface area (Å²) in [5.41, 5.74) is -1.64. The Labute approximate surface area is 180 Å². The predicted octanol–water partition coefficient (Wildman–Crippen LogP) is 4.35. The summed E-state index contributed by atoms with van der Waals surface area (Å²) in [5.74, 6) is 0. The van der Waals surface area contributed by atoms with Crippen molar-refractivity contribution in [2.24, 2.45) is 0 Å². The van der Waals surface area contributed by atoms with Gasteiger partial charge in [0.25, 0.3) is 0 Å². The van der Waals surface area contributed by atoms with Crippen molar-refractivity contribution < 1.29 is 20.8 Å².